The van der Waals surface area contributed by atoms with Crippen molar-refractivity contribution in [3.05, 3.63) is 35.9 Å². The van der Waals surface area contributed by atoms with Crippen molar-refractivity contribution in [1.82, 2.24) is 0 Å². The predicted octanol–water partition coefficient (Wildman–Crippen LogP) is -0.656. The van der Waals surface area contributed by atoms with E-state index >= 15 is 0 Å². The van der Waals surface area contributed by atoms with E-state index in [0.717, 1.165) is 5.56 Å². The van der Waals surface area contributed by atoms with Crippen LogP contribution in [-0.4, -0.2) is 76.2 Å². The summed E-state index contributed by atoms with van der Waals surface area (Å²) in [5.74, 6) is -0.959. The average Bonchev–Trinajstić information content (AvgIpc) is 2.06. The number of hydrogen-bond donors (Lipinski definition) is 2. The van der Waals surface area contributed by atoms with E-state index in [0.29, 0.717) is 6.42 Å². The normalized spacial score (nSPS) is 10.6. The van der Waals surface area contributed by atoms with E-state index in [-0.39, 0.29) is 59.1 Å². The van der Waals surface area contributed by atoms with E-state index in [4.69, 9.17) is 10.8 Å². The van der Waals surface area contributed by atoms with Gasteiger partial charge in [-0.1, -0.05) is 30.3 Å². The Balaban J connectivity index is 0. The number of benzene rings is 1. The van der Waals surface area contributed by atoms with Gasteiger partial charge in [0.25, 0.3) is 0 Å². The monoisotopic (exact) mass is 213 g/mol. The Labute approximate surface area is 128 Å². The van der Waals surface area contributed by atoms with Gasteiger partial charge >= 0.3 is 65.1 Å². The molecule has 3 N–H and O–H groups in total. The van der Waals surface area contributed by atoms with Crippen LogP contribution in [0.15, 0.2) is 30.3 Å². The summed E-state index contributed by atoms with van der Waals surface area (Å²) in [7, 11) is 0. The van der Waals surface area contributed by atoms with Crippen molar-refractivity contribution in [2.24, 2.45) is 5.73 Å². The first kappa shape index (κ1) is 17.1. The molecule has 1 aromatic carbocycles. The molecule has 0 heterocycles. The van der Waals surface area contributed by atoms with Gasteiger partial charge in [0.15, 0.2) is 0 Å². The van der Waals surface area contributed by atoms with Gasteiger partial charge < -0.3 is 10.8 Å². The van der Waals surface area contributed by atoms with Crippen molar-refractivity contribution in [1.29, 1.82) is 0 Å². The summed E-state index contributed by atoms with van der Waals surface area (Å²) in [5.41, 5.74) is 6.30. The summed E-state index contributed by atoms with van der Waals surface area (Å²) in [5, 5.41) is 8.52. The van der Waals surface area contributed by atoms with Crippen LogP contribution in [0.4, 0.5) is 0 Å². The minimum atomic E-state index is -0.959. The second-order valence-corrected chi connectivity index (χ2v) is 2.63. The number of carbonyl (C=O) groups is 1. The molecule has 3 nitrogen and oxygen atoms in total. The zero-order valence-electron chi connectivity index (χ0n) is 6.60. The molecule has 14 heavy (non-hydrogen) atoms. The third-order valence-electron chi connectivity index (χ3n) is 1.62. The molecule has 0 fully saturated rings. The van der Waals surface area contributed by atoms with E-state index in [9.17, 15) is 4.79 Å². The number of rotatable bonds is 3. The molecule has 1 aromatic rings. The summed E-state index contributed by atoms with van der Waals surface area (Å²) < 4.78 is 0. The van der Waals surface area contributed by atoms with Crippen molar-refractivity contribution < 1.29 is 9.90 Å². The SMILES string of the molecule is N[C@@H](Cc1ccccc1)C(=O)O.[NaH].[NaH]. The van der Waals surface area contributed by atoms with Crippen LogP contribution in [0.1, 0.15) is 5.56 Å². The Morgan fingerprint density at radius 2 is 1.79 bits per heavy atom. The summed E-state index contributed by atoms with van der Waals surface area (Å²) in [6.07, 6.45) is 0.385. The molecule has 0 aromatic heterocycles. The molecular weight excluding hydrogens is 200 g/mol. The van der Waals surface area contributed by atoms with Crippen LogP contribution >= 0.6 is 0 Å². The molecule has 5 heteroatoms. The van der Waals surface area contributed by atoms with Gasteiger partial charge in [-0.3, -0.25) is 4.79 Å². The number of carboxylic acids is 1. The molecule has 0 amide bonds. The third kappa shape index (κ3) is 6.19. The fourth-order valence-corrected chi connectivity index (χ4v) is 0.955. The van der Waals surface area contributed by atoms with Crippen LogP contribution in [0.2, 0.25) is 0 Å². The summed E-state index contributed by atoms with van der Waals surface area (Å²) >= 11 is 0. The van der Waals surface area contributed by atoms with Crippen LogP contribution in [0, 0.1) is 0 Å². The van der Waals surface area contributed by atoms with Crippen molar-refractivity contribution >= 4 is 65.1 Å². The molecule has 0 radical (unpaired) electrons. The number of carboxylic acid groups (broad SMARTS) is 1. The van der Waals surface area contributed by atoms with E-state index in [1.807, 2.05) is 30.3 Å². The molecule has 0 aliphatic heterocycles. The Bertz CT molecular complexity index is 267. The number of aliphatic carboxylic acids is 1. The third-order valence-corrected chi connectivity index (χ3v) is 1.62. The standard InChI is InChI=1S/C9H11NO2.2Na.2H/c10-8(9(11)12)6-7-4-2-1-3-5-7;;;;/h1-5,8H,6,10H2,(H,11,12);;;;/t8-;;;;/m0..../s1. The molecule has 0 bridgehead atoms. The summed E-state index contributed by atoms with van der Waals surface area (Å²) in [6.45, 7) is 0. The molecule has 0 saturated carbocycles. The van der Waals surface area contributed by atoms with Crippen molar-refractivity contribution in [3.63, 3.8) is 0 Å². The summed E-state index contributed by atoms with van der Waals surface area (Å²) in [6, 6.07) is 8.54. The number of hydrogen-bond acceptors (Lipinski definition) is 2. The topological polar surface area (TPSA) is 63.3 Å². The van der Waals surface area contributed by atoms with Crippen LogP contribution in [-0.2, 0) is 11.2 Å². The van der Waals surface area contributed by atoms with E-state index < -0.39 is 12.0 Å². The maximum atomic E-state index is 10.4. The second kappa shape index (κ2) is 8.92. The molecule has 1 atom stereocenters. The Morgan fingerprint density at radius 3 is 2.21 bits per heavy atom. The predicted molar refractivity (Wildman–Crippen MR) is 60.1 cm³/mol. The van der Waals surface area contributed by atoms with Gasteiger partial charge in [-0.2, -0.15) is 0 Å². The maximum absolute atomic E-state index is 10.4. The van der Waals surface area contributed by atoms with E-state index in [1.54, 1.807) is 0 Å². The number of nitrogens with two attached hydrogens (primary N) is 1. The Kier molecular flexibility index (Phi) is 10.9. The van der Waals surface area contributed by atoms with Crippen molar-refractivity contribution in [2.45, 2.75) is 12.5 Å². The van der Waals surface area contributed by atoms with Gasteiger partial charge in [-0.05, 0) is 12.0 Å². The first-order chi connectivity index (χ1) is 5.70. The average molecular weight is 213 g/mol. The summed E-state index contributed by atoms with van der Waals surface area (Å²) in [4.78, 5) is 10.4. The first-order valence-corrected chi connectivity index (χ1v) is 3.72. The zero-order chi connectivity index (χ0) is 8.97. The molecule has 0 saturated heterocycles. The zero-order valence-corrected chi connectivity index (χ0v) is 6.60. The van der Waals surface area contributed by atoms with Gasteiger partial charge in [0, 0.05) is 0 Å². The second-order valence-electron chi connectivity index (χ2n) is 2.63. The van der Waals surface area contributed by atoms with E-state index in [1.165, 1.54) is 0 Å². The molecule has 1 rings (SSSR count). The van der Waals surface area contributed by atoms with Gasteiger partial charge in [-0.25, -0.2) is 0 Å². The minimum absolute atomic E-state index is 0. The molecule has 0 aliphatic rings. The van der Waals surface area contributed by atoms with Crippen LogP contribution < -0.4 is 5.73 Å². The van der Waals surface area contributed by atoms with Gasteiger partial charge in [0.1, 0.15) is 6.04 Å². The van der Waals surface area contributed by atoms with Gasteiger partial charge in [0.2, 0.25) is 0 Å². The Morgan fingerprint density at radius 1 is 1.29 bits per heavy atom. The first-order valence-electron chi connectivity index (χ1n) is 3.72. The van der Waals surface area contributed by atoms with Crippen LogP contribution in [0.25, 0.3) is 0 Å². The van der Waals surface area contributed by atoms with Gasteiger partial charge in [0.05, 0.1) is 0 Å². The van der Waals surface area contributed by atoms with Crippen molar-refractivity contribution in [2.75, 3.05) is 0 Å². The molecule has 0 unspecified atom stereocenters. The molecule has 68 valence electrons. The molecule has 0 aliphatic carbocycles. The fraction of sp³-hybridized carbons (Fsp3) is 0.222. The van der Waals surface area contributed by atoms with Crippen LogP contribution in [0.5, 0.6) is 0 Å². The molecular formula is C9H13NNa2O2. The quantitative estimate of drug-likeness (QED) is 0.655. The van der Waals surface area contributed by atoms with Gasteiger partial charge in [-0.15, -0.1) is 0 Å². The Hall–Kier alpha value is 0.650. The van der Waals surface area contributed by atoms with Crippen LogP contribution in [0.3, 0.4) is 0 Å². The fourth-order valence-electron chi connectivity index (χ4n) is 0.955. The van der Waals surface area contributed by atoms with E-state index in [2.05, 4.69) is 0 Å². The van der Waals surface area contributed by atoms with Crippen molar-refractivity contribution in [3.8, 4) is 0 Å². The molecule has 0 spiro atoms.